The van der Waals surface area contributed by atoms with Gasteiger partial charge in [0.05, 0.1) is 31.6 Å². The van der Waals surface area contributed by atoms with E-state index in [1.807, 2.05) is 42.6 Å². The second-order valence-corrected chi connectivity index (χ2v) is 7.65. The van der Waals surface area contributed by atoms with Crippen LogP contribution in [0, 0.1) is 0 Å². The van der Waals surface area contributed by atoms with Gasteiger partial charge in [-0.15, -0.1) is 11.3 Å². The lowest BCUT2D eigenvalue weighted by atomic mass is 10.1. The summed E-state index contributed by atoms with van der Waals surface area (Å²) in [5, 5.41) is 13.6. The third-order valence-electron chi connectivity index (χ3n) is 4.23. The van der Waals surface area contributed by atoms with E-state index in [0.717, 1.165) is 40.0 Å². The minimum absolute atomic E-state index is 0.346. The molecule has 0 amide bonds. The molecule has 3 rings (SSSR count). The number of aromatic nitrogens is 2. The van der Waals surface area contributed by atoms with Crippen LogP contribution >= 0.6 is 11.3 Å². The average Bonchev–Trinajstić information content (AvgIpc) is 3.40. The Hall–Kier alpha value is -2.87. The molecule has 29 heavy (non-hydrogen) atoms. The molecule has 0 bridgehead atoms. The lowest BCUT2D eigenvalue weighted by Gasteiger charge is -2.09. The highest BCUT2D eigenvalue weighted by atomic mass is 32.1. The van der Waals surface area contributed by atoms with E-state index < -0.39 is 0 Å². The van der Waals surface area contributed by atoms with E-state index in [1.54, 1.807) is 18.4 Å². The Kier molecular flexibility index (Phi) is 7.24. The van der Waals surface area contributed by atoms with Crippen LogP contribution in [0.5, 0.6) is 5.75 Å². The van der Waals surface area contributed by atoms with Gasteiger partial charge in [0.25, 0.3) is 0 Å². The Labute approximate surface area is 175 Å². The summed E-state index contributed by atoms with van der Waals surface area (Å²) < 4.78 is 10.6. The number of aliphatic imine (C=N–C) groups is 1. The molecular weight excluding hydrogens is 386 g/mol. The second-order valence-electron chi connectivity index (χ2n) is 6.79. The molecule has 2 N–H and O–H groups in total. The first-order chi connectivity index (χ1) is 14.1. The fourth-order valence-electron chi connectivity index (χ4n) is 2.60. The van der Waals surface area contributed by atoms with Crippen molar-refractivity contribution in [2.45, 2.75) is 39.8 Å². The zero-order valence-corrected chi connectivity index (χ0v) is 18.0. The smallest absolute Gasteiger partial charge is 0.192 e. The number of rotatable bonds is 8. The predicted molar refractivity (Wildman–Crippen MR) is 116 cm³/mol. The normalized spacial score (nSPS) is 11.7. The van der Waals surface area contributed by atoms with Crippen molar-refractivity contribution < 1.29 is 9.26 Å². The minimum atomic E-state index is 0.346. The third kappa shape index (κ3) is 5.80. The molecule has 0 fully saturated rings. The van der Waals surface area contributed by atoms with Crippen molar-refractivity contribution in [1.29, 1.82) is 0 Å². The zero-order chi connectivity index (χ0) is 20.6. The molecule has 0 radical (unpaired) electrons. The summed E-state index contributed by atoms with van der Waals surface area (Å²) in [5.74, 6) is 2.69. The lowest BCUT2D eigenvalue weighted by molar-refractivity contribution is 0.372. The Balaban J connectivity index is 1.61. The van der Waals surface area contributed by atoms with Crippen molar-refractivity contribution in [3.8, 4) is 16.3 Å². The van der Waals surface area contributed by atoms with Gasteiger partial charge in [-0.05, 0) is 37.1 Å². The van der Waals surface area contributed by atoms with Gasteiger partial charge in [-0.2, -0.15) is 0 Å². The van der Waals surface area contributed by atoms with Crippen LogP contribution in [0.3, 0.4) is 0 Å². The first-order valence-electron chi connectivity index (χ1n) is 9.65. The Morgan fingerprint density at radius 3 is 2.69 bits per heavy atom. The number of ether oxygens (including phenoxy) is 1. The van der Waals surface area contributed by atoms with Gasteiger partial charge in [0.15, 0.2) is 11.7 Å². The van der Waals surface area contributed by atoms with Crippen LogP contribution in [0.1, 0.15) is 43.8 Å². The molecule has 154 valence electrons. The number of methoxy groups -OCH3 is 1. The maximum Gasteiger partial charge on any atom is 0.192 e. The monoisotopic (exact) mass is 413 g/mol. The molecule has 0 saturated carbocycles. The topological polar surface area (TPSA) is 84.6 Å². The number of benzene rings is 1. The van der Waals surface area contributed by atoms with E-state index >= 15 is 0 Å². The van der Waals surface area contributed by atoms with E-state index in [0.29, 0.717) is 25.0 Å². The minimum Gasteiger partial charge on any atom is -0.497 e. The highest BCUT2D eigenvalue weighted by molar-refractivity contribution is 7.13. The van der Waals surface area contributed by atoms with Gasteiger partial charge < -0.3 is 19.9 Å². The van der Waals surface area contributed by atoms with Gasteiger partial charge in [0.2, 0.25) is 0 Å². The molecule has 8 heteroatoms. The molecule has 0 aliphatic rings. The van der Waals surface area contributed by atoms with E-state index in [2.05, 4.69) is 34.6 Å². The number of nitrogens with one attached hydrogen (secondary N) is 2. The van der Waals surface area contributed by atoms with Crippen LogP contribution < -0.4 is 15.4 Å². The maximum absolute atomic E-state index is 5.37. The molecule has 2 heterocycles. The maximum atomic E-state index is 5.37. The molecule has 0 aliphatic heterocycles. The molecule has 3 aromatic rings. The highest BCUT2D eigenvalue weighted by Gasteiger charge is 2.09. The van der Waals surface area contributed by atoms with Crippen molar-refractivity contribution in [2.75, 3.05) is 13.7 Å². The predicted octanol–water partition coefficient (Wildman–Crippen LogP) is 4.19. The molecule has 0 spiro atoms. The van der Waals surface area contributed by atoms with Crippen LogP contribution in [0.25, 0.3) is 10.6 Å². The summed E-state index contributed by atoms with van der Waals surface area (Å²) in [4.78, 5) is 9.33. The standard InChI is InChI=1S/C21H27N5O2S/c1-5-22-21(24-12-18-10-19(14(2)3)26-28-18)23-11-16-13-29-20(25-16)15-6-8-17(27-4)9-7-15/h6-10,13-14H,5,11-12H2,1-4H3,(H2,22,23,24). The fraction of sp³-hybridized carbons (Fsp3) is 0.381. The molecule has 0 saturated heterocycles. The third-order valence-corrected chi connectivity index (χ3v) is 5.17. The van der Waals surface area contributed by atoms with Gasteiger partial charge in [-0.25, -0.2) is 9.98 Å². The van der Waals surface area contributed by atoms with E-state index in [9.17, 15) is 0 Å². The quantitative estimate of drug-likeness (QED) is 0.426. The highest BCUT2D eigenvalue weighted by Crippen LogP contribution is 2.25. The van der Waals surface area contributed by atoms with Crippen molar-refractivity contribution >= 4 is 17.3 Å². The number of hydrogen-bond acceptors (Lipinski definition) is 6. The van der Waals surface area contributed by atoms with Gasteiger partial charge >= 0.3 is 0 Å². The van der Waals surface area contributed by atoms with Crippen molar-refractivity contribution in [2.24, 2.45) is 4.99 Å². The number of nitrogens with zero attached hydrogens (tertiary/aromatic N) is 3. The number of thiazole rings is 1. The molecule has 0 aliphatic carbocycles. The van der Waals surface area contributed by atoms with E-state index in [1.165, 1.54) is 0 Å². The van der Waals surface area contributed by atoms with E-state index in [4.69, 9.17) is 14.2 Å². The summed E-state index contributed by atoms with van der Waals surface area (Å²) in [7, 11) is 1.66. The Morgan fingerprint density at radius 1 is 1.24 bits per heavy atom. The first kappa shape index (κ1) is 20.9. The molecular formula is C21H27N5O2S. The largest absolute Gasteiger partial charge is 0.497 e. The van der Waals surface area contributed by atoms with Crippen molar-refractivity contribution in [3.05, 3.63) is 52.9 Å². The Bertz CT molecular complexity index is 931. The first-order valence-corrected chi connectivity index (χ1v) is 10.5. The SMILES string of the molecule is CCNC(=NCc1csc(-c2ccc(OC)cc2)n1)NCc1cc(C(C)C)no1. The average molecular weight is 414 g/mol. The molecule has 7 nitrogen and oxygen atoms in total. The van der Waals surface area contributed by atoms with Crippen molar-refractivity contribution in [3.63, 3.8) is 0 Å². The lowest BCUT2D eigenvalue weighted by Crippen LogP contribution is -2.36. The van der Waals surface area contributed by atoms with Crippen LogP contribution in [-0.2, 0) is 13.1 Å². The Morgan fingerprint density at radius 2 is 2.03 bits per heavy atom. The van der Waals surface area contributed by atoms with Gasteiger partial charge in [-0.3, -0.25) is 0 Å². The molecule has 1 aromatic carbocycles. The van der Waals surface area contributed by atoms with Gasteiger partial charge in [0.1, 0.15) is 10.8 Å². The summed E-state index contributed by atoms with van der Waals surface area (Å²) >= 11 is 1.61. The van der Waals surface area contributed by atoms with Crippen LogP contribution in [0.15, 0.2) is 45.2 Å². The number of hydrogen-bond donors (Lipinski definition) is 2. The van der Waals surface area contributed by atoms with Crippen LogP contribution in [-0.4, -0.2) is 29.8 Å². The molecule has 0 unspecified atom stereocenters. The summed E-state index contributed by atoms with van der Waals surface area (Å²) in [5.41, 5.74) is 2.96. The number of guanidine groups is 1. The molecule has 0 atom stereocenters. The van der Waals surface area contributed by atoms with E-state index in [-0.39, 0.29) is 0 Å². The van der Waals surface area contributed by atoms with Crippen molar-refractivity contribution in [1.82, 2.24) is 20.8 Å². The summed E-state index contributed by atoms with van der Waals surface area (Å²) in [6.07, 6.45) is 0. The summed E-state index contributed by atoms with van der Waals surface area (Å²) in [6.45, 7) is 8.01. The fourth-order valence-corrected chi connectivity index (χ4v) is 3.42. The van der Waals surface area contributed by atoms with Crippen LogP contribution in [0.4, 0.5) is 0 Å². The summed E-state index contributed by atoms with van der Waals surface area (Å²) in [6, 6.07) is 9.88. The second kappa shape index (κ2) is 10.1. The molecule has 2 aromatic heterocycles. The van der Waals surface area contributed by atoms with Gasteiger partial charge in [0, 0.05) is 23.6 Å². The zero-order valence-electron chi connectivity index (χ0n) is 17.2. The van der Waals surface area contributed by atoms with Gasteiger partial charge in [-0.1, -0.05) is 19.0 Å². The van der Waals surface area contributed by atoms with Crippen LogP contribution in [0.2, 0.25) is 0 Å².